The number of hydrogen-bond acceptors (Lipinski definition) is 5. The Morgan fingerprint density at radius 2 is 1.80 bits per heavy atom. The molecule has 0 atom stereocenters. The highest BCUT2D eigenvalue weighted by Gasteiger charge is 2.30. The average Bonchev–Trinajstić information content (AvgIpc) is 2.29. The second kappa shape index (κ2) is 5.29. The molecule has 1 aromatic heterocycles. The van der Waals surface area contributed by atoms with E-state index in [1.54, 1.807) is 0 Å². The minimum atomic E-state index is -4.47. The number of rotatable bonds is 2. The Hall–Kier alpha value is -1.80. The fourth-order valence-electron chi connectivity index (χ4n) is 1.33. The summed E-state index contributed by atoms with van der Waals surface area (Å²) in [5, 5.41) is 2.31. The minimum Gasteiger partial charge on any atom is -0.368 e. The molecule has 0 amide bonds. The molecule has 106 valence electrons. The molecular formula is C10H6Cl2F3N5. The maximum Gasteiger partial charge on any atom is 0.416 e. The molecule has 0 aliphatic heterocycles. The topological polar surface area (TPSA) is 76.7 Å². The lowest BCUT2D eigenvalue weighted by molar-refractivity contribution is -0.137. The predicted molar refractivity (Wildman–Crippen MR) is 69.0 cm³/mol. The van der Waals surface area contributed by atoms with Crippen LogP contribution in [0.1, 0.15) is 5.56 Å². The molecule has 0 saturated heterocycles. The maximum atomic E-state index is 12.5. The fraction of sp³-hybridized carbons (Fsp3) is 0.100. The number of nitrogens with two attached hydrogens (primary N) is 1. The van der Waals surface area contributed by atoms with Crippen molar-refractivity contribution in [1.82, 2.24) is 15.0 Å². The maximum absolute atomic E-state index is 12.5. The molecule has 3 N–H and O–H groups in total. The molecule has 1 aromatic carbocycles. The molecule has 1 heterocycles. The summed E-state index contributed by atoms with van der Waals surface area (Å²) in [6.07, 6.45) is -4.47. The third-order valence-electron chi connectivity index (χ3n) is 2.17. The summed E-state index contributed by atoms with van der Waals surface area (Å²) >= 11 is 11.3. The predicted octanol–water partition coefficient (Wildman–Crippen LogP) is 3.52. The summed E-state index contributed by atoms with van der Waals surface area (Å²) in [5.74, 6) is -0.153. The van der Waals surface area contributed by atoms with Crippen LogP contribution < -0.4 is 11.1 Å². The molecule has 0 aliphatic carbocycles. The number of nitrogens with one attached hydrogen (secondary N) is 1. The number of halogens is 5. The van der Waals surface area contributed by atoms with Gasteiger partial charge in [-0.2, -0.15) is 28.1 Å². The SMILES string of the molecule is Nc1nc(Cl)nc(Nc2ccc(C(F)(F)F)cc2Cl)n1. The Morgan fingerprint density at radius 1 is 1.10 bits per heavy atom. The van der Waals surface area contributed by atoms with Gasteiger partial charge in [0.05, 0.1) is 16.3 Å². The molecule has 10 heteroatoms. The van der Waals surface area contributed by atoms with Gasteiger partial charge >= 0.3 is 6.18 Å². The molecule has 20 heavy (non-hydrogen) atoms. The van der Waals surface area contributed by atoms with Gasteiger partial charge in [0.1, 0.15) is 0 Å². The third kappa shape index (κ3) is 3.40. The molecule has 0 radical (unpaired) electrons. The molecule has 0 spiro atoms. The van der Waals surface area contributed by atoms with Gasteiger partial charge in [-0.15, -0.1) is 0 Å². The van der Waals surface area contributed by atoms with E-state index in [4.69, 9.17) is 28.9 Å². The summed E-state index contributed by atoms with van der Waals surface area (Å²) in [7, 11) is 0. The van der Waals surface area contributed by atoms with Crippen LogP contribution in [-0.4, -0.2) is 15.0 Å². The Bertz CT molecular complexity index is 627. The van der Waals surface area contributed by atoms with E-state index in [1.165, 1.54) is 0 Å². The van der Waals surface area contributed by atoms with Crippen molar-refractivity contribution in [3.05, 3.63) is 34.1 Å². The number of aromatic nitrogens is 3. The van der Waals surface area contributed by atoms with Crippen LogP contribution in [0.25, 0.3) is 0 Å². The first-order valence-electron chi connectivity index (χ1n) is 5.06. The Morgan fingerprint density at radius 3 is 2.35 bits per heavy atom. The monoisotopic (exact) mass is 323 g/mol. The van der Waals surface area contributed by atoms with Gasteiger partial charge < -0.3 is 11.1 Å². The summed E-state index contributed by atoms with van der Waals surface area (Å²) in [5.41, 5.74) is 4.69. The number of benzene rings is 1. The fourth-order valence-corrected chi connectivity index (χ4v) is 1.73. The Balaban J connectivity index is 2.30. The van der Waals surface area contributed by atoms with E-state index < -0.39 is 11.7 Å². The van der Waals surface area contributed by atoms with E-state index in [2.05, 4.69) is 20.3 Å². The van der Waals surface area contributed by atoms with Crippen molar-refractivity contribution in [2.24, 2.45) is 0 Å². The summed E-state index contributed by atoms with van der Waals surface area (Å²) in [6, 6.07) is 2.81. The van der Waals surface area contributed by atoms with Crippen LogP contribution in [0.3, 0.4) is 0 Å². The number of alkyl halides is 3. The quantitative estimate of drug-likeness (QED) is 0.884. The van der Waals surface area contributed by atoms with Gasteiger partial charge in [-0.05, 0) is 29.8 Å². The van der Waals surface area contributed by atoms with E-state index in [0.717, 1.165) is 18.2 Å². The largest absolute Gasteiger partial charge is 0.416 e. The molecule has 0 saturated carbocycles. The summed E-state index contributed by atoms with van der Waals surface area (Å²) in [4.78, 5) is 11.0. The average molecular weight is 324 g/mol. The highest BCUT2D eigenvalue weighted by molar-refractivity contribution is 6.33. The Labute approximate surface area is 121 Å². The van der Waals surface area contributed by atoms with Gasteiger partial charge in [-0.3, -0.25) is 0 Å². The van der Waals surface area contributed by atoms with Gasteiger partial charge in [-0.1, -0.05) is 11.6 Å². The zero-order valence-corrected chi connectivity index (χ0v) is 11.1. The third-order valence-corrected chi connectivity index (χ3v) is 2.65. The first-order valence-corrected chi connectivity index (χ1v) is 5.82. The van der Waals surface area contributed by atoms with Crippen molar-refractivity contribution in [3.8, 4) is 0 Å². The first kappa shape index (κ1) is 14.6. The number of nitrogen functional groups attached to an aromatic ring is 1. The molecule has 0 fully saturated rings. The lowest BCUT2D eigenvalue weighted by Gasteiger charge is -2.11. The smallest absolute Gasteiger partial charge is 0.368 e. The Kier molecular flexibility index (Phi) is 3.87. The lowest BCUT2D eigenvalue weighted by Crippen LogP contribution is -2.06. The van der Waals surface area contributed by atoms with Crippen molar-refractivity contribution in [2.75, 3.05) is 11.1 Å². The standard InChI is InChI=1S/C10H6Cl2F3N5/c11-5-3-4(10(13,14)15)1-2-6(5)17-9-19-7(12)18-8(16)20-9/h1-3H,(H3,16,17,18,19,20). The van der Waals surface area contributed by atoms with Crippen molar-refractivity contribution in [3.63, 3.8) is 0 Å². The highest BCUT2D eigenvalue weighted by atomic mass is 35.5. The van der Waals surface area contributed by atoms with Crippen LogP contribution in [-0.2, 0) is 6.18 Å². The van der Waals surface area contributed by atoms with Crippen LogP contribution >= 0.6 is 23.2 Å². The zero-order chi connectivity index (χ0) is 14.9. The van der Waals surface area contributed by atoms with Gasteiger partial charge in [0.15, 0.2) is 0 Å². The van der Waals surface area contributed by atoms with Crippen molar-refractivity contribution in [1.29, 1.82) is 0 Å². The second-order valence-corrected chi connectivity index (χ2v) is 4.35. The van der Waals surface area contributed by atoms with Gasteiger partial charge in [-0.25, -0.2) is 0 Å². The molecule has 0 aliphatic rings. The minimum absolute atomic E-state index is 0.0239. The summed E-state index contributed by atoms with van der Waals surface area (Å²) < 4.78 is 37.5. The highest BCUT2D eigenvalue weighted by Crippen LogP contribution is 2.34. The van der Waals surface area contributed by atoms with Crippen molar-refractivity contribution < 1.29 is 13.2 Å². The van der Waals surface area contributed by atoms with Gasteiger partial charge in [0, 0.05) is 0 Å². The molecule has 5 nitrogen and oxygen atoms in total. The van der Waals surface area contributed by atoms with E-state index in [9.17, 15) is 13.2 Å². The molecule has 2 aromatic rings. The molecular weight excluding hydrogens is 318 g/mol. The van der Waals surface area contributed by atoms with Crippen LogP contribution in [0, 0.1) is 0 Å². The van der Waals surface area contributed by atoms with Gasteiger partial charge in [0.2, 0.25) is 17.2 Å². The summed E-state index contributed by atoms with van der Waals surface area (Å²) in [6.45, 7) is 0. The van der Waals surface area contributed by atoms with Crippen molar-refractivity contribution >= 4 is 40.8 Å². The second-order valence-electron chi connectivity index (χ2n) is 3.60. The number of hydrogen-bond donors (Lipinski definition) is 2. The van der Waals surface area contributed by atoms with E-state index in [-0.39, 0.29) is 27.9 Å². The zero-order valence-electron chi connectivity index (χ0n) is 9.54. The van der Waals surface area contributed by atoms with Crippen molar-refractivity contribution in [2.45, 2.75) is 6.18 Å². The van der Waals surface area contributed by atoms with Crippen LogP contribution in [0.2, 0.25) is 10.3 Å². The number of anilines is 3. The van der Waals surface area contributed by atoms with Crippen LogP contribution in [0.5, 0.6) is 0 Å². The lowest BCUT2D eigenvalue weighted by atomic mass is 10.2. The van der Waals surface area contributed by atoms with Gasteiger partial charge in [0.25, 0.3) is 0 Å². The van der Waals surface area contributed by atoms with Crippen LogP contribution in [0.15, 0.2) is 18.2 Å². The van der Waals surface area contributed by atoms with Crippen LogP contribution in [0.4, 0.5) is 30.8 Å². The van der Waals surface area contributed by atoms with E-state index in [0.29, 0.717) is 0 Å². The molecule has 0 bridgehead atoms. The molecule has 2 rings (SSSR count). The van der Waals surface area contributed by atoms with E-state index in [1.807, 2.05) is 0 Å². The normalized spacial score (nSPS) is 11.4. The number of nitrogens with zero attached hydrogens (tertiary/aromatic N) is 3. The first-order chi connectivity index (χ1) is 9.25. The van der Waals surface area contributed by atoms with E-state index >= 15 is 0 Å². The molecule has 0 unspecified atom stereocenters.